The van der Waals surface area contributed by atoms with Crippen LogP contribution < -0.4 is 10.1 Å². The van der Waals surface area contributed by atoms with E-state index in [0.29, 0.717) is 16.4 Å². The van der Waals surface area contributed by atoms with Gasteiger partial charge in [-0.15, -0.1) is 11.3 Å². The molecule has 2 rings (SSSR count). The van der Waals surface area contributed by atoms with Crippen LogP contribution in [0.3, 0.4) is 0 Å². The Labute approximate surface area is 111 Å². The van der Waals surface area contributed by atoms with Crippen molar-refractivity contribution < 1.29 is 9.53 Å². The lowest BCUT2D eigenvalue weighted by Crippen LogP contribution is -2.11. The number of halogens is 1. The summed E-state index contributed by atoms with van der Waals surface area (Å²) in [6.45, 7) is 0. The largest absolute Gasteiger partial charge is 0.496 e. The number of hydrogen-bond acceptors (Lipinski definition) is 4. The average molecular weight is 313 g/mol. The predicted octanol–water partition coefficient (Wildman–Crippen LogP) is 3.17. The molecule has 0 aliphatic carbocycles. The molecular weight excluding hydrogens is 304 g/mol. The Morgan fingerprint density at radius 3 is 3.06 bits per heavy atom. The number of hydrogen-bond donors (Lipinski definition) is 1. The molecule has 0 bridgehead atoms. The van der Waals surface area contributed by atoms with E-state index < -0.39 is 0 Å². The van der Waals surface area contributed by atoms with E-state index in [1.54, 1.807) is 30.8 Å². The fourth-order valence-electron chi connectivity index (χ4n) is 1.19. The van der Waals surface area contributed by atoms with Gasteiger partial charge in [0.15, 0.2) is 0 Å². The summed E-state index contributed by atoms with van der Waals surface area (Å²) in [5, 5.41) is 4.50. The Hall–Kier alpha value is -1.40. The summed E-state index contributed by atoms with van der Waals surface area (Å²) in [5.41, 5.74) is 0. The zero-order valence-electron chi connectivity index (χ0n) is 8.94. The molecule has 2 heterocycles. The normalized spacial score (nSPS) is 10.0. The van der Waals surface area contributed by atoms with Gasteiger partial charge in [-0.3, -0.25) is 4.79 Å². The standard InChI is InChI=1S/C11H9BrN2O2S/c1-16-7-5-9(17-6-7)11(15)14-10-8(12)3-2-4-13-10/h2-6H,1H3,(H,13,14,15). The predicted molar refractivity (Wildman–Crippen MR) is 70.8 cm³/mol. The minimum atomic E-state index is -0.197. The second kappa shape index (κ2) is 5.29. The maximum Gasteiger partial charge on any atom is 0.267 e. The number of anilines is 1. The highest BCUT2D eigenvalue weighted by Gasteiger charge is 2.11. The number of aromatic nitrogens is 1. The van der Waals surface area contributed by atoms with E-state index >= 15 is 0 Å². The smallest absolute Gasteiger partial charge is 0.267 e. The van der Waals surface area contributed by atoms with Crippen LogP contribution in [-0.2, 0) is 0 Å². The number of nitrogens with zero attached hydrogens (tertiary/aromatic N) is 1. The van der Waals surface area contributed by atoms with Gasteiger partial charge in [-0.25, -0.2) is 4.98 Å². The number of amides is 1. The summed E-state index contributed by atoms with van der Waals surface area (Å²) in [4.78, 5) is 16.5. The van der Waals surface area contributed by atoms with Crippen molar-refractivity contribution in [3.63, 3.8) is 0 Å². The first-order chi connectivity index (χ1) is 8.20. The quantitative estimate of drug-likeness (QED) is 0.947. The molecule has 2 aromatic heterocycles. The molecule has 0 radical (unpaired) electrons. The summed E-state index contributed by atoms with van der Waals surface area (Å²) < 4.78 is 5.77. The minimum Gasteiger partial charge on any atom is -0.496 e. The van der Waals surface area contributed by atoms with Crippen molar-refractivity contribution in [1.29, 1.82) is 0 Å². The molecule has 0 fully saturated rings. The molecule has 0 saturated heterocycles. The van der Waals surface area contributed by atoms with Crippen LogP contribution in [0.15, 0.2) is 34.2 Å². The molecule has 0 spiro atoms. The van der Waals surface area contributed by atoms with Crippen molar-refractivity contribution in [2.45, 2.75) is 0 Å². The first kappa shape index (κ1) is 12.1. The van der Waals surface area contributed by atoms with Crippen molar-refractivity contribution in [2.75, 3.05) is 12.4 Å². The molecule has 6 heteroatoms. The maximum atomic E-state index is 11.9. The maximum absolute atomic E-state index is 11.9. The van der Waals surface area contributed by atoms with E-state index in [2.05, 4.69) is 26.2 Å². The fraction of sp³-hybridized carbons (Fsp3) is 0.0909. The molecule has 0 saturated carbocycles. The molecular formula is C11H9BrN2O2S. The van der Waals surface area contributed by atoms with Gasteiger partial charge in [0, 0.05) is 17.6 Å². The summed E-state index contributed by atoms with van der Waals surface area (Å²) in [7, 11) is 1.57. The zero-order valence-corrected chi connectivity index (χ0v) is 11.3. The Kier molecular flexibility index (Phi) is 3.75. The summed E-state index contributed by atoms with van der Waals surface area (Å²) in [6.07, 6.45) is 1.62. The van der Waals surface area contributed by atoms with Gasteiger partial charge in [0.05, 0.1) is 16.5 Å². The Morgan fingerprint density at radius 2 is 2.41 bits per heavy atom. The summed E-state index contributed by atoms with van der Waals surface area (Å²) in [6, 6.07) is 5.29. The van der Waals surface area contributed by atoms with Crippen LogP contribution in [0.2, 0.25) is 0 Å². The second-order valence-corrected chi connectivity index (χ2v) is 4.90. The van der Waals surface area contributed by atoms with Crippen LogP contribution in [-0.4, -0.2) is 18.0 Å². The van der Waals surface area contributed by atoms with Crippen molar-refractivity contribution in [3.8, 4) is 5.75 Å². The van der Waals surface area contributed by atoms with E-state index in [0.717, 1.165) is 4.47 Å². The Morgan fingerprint density at radius 1 is 1.59 bits per heavy atom. The van der Waals surface area contributed by atoms with Gasteiger partial charge in [0.25, 0.3) is 5.91 Å². The van der Waals surface area contributed by atoms with E-state index in [1.165, 1.54) is 11.3 Å². The van der Waals surface area contributed by atoms with E-state index in [9.17, 15) is 4.79 Å². The topological polar surface area (TPSA) is 51.2 Å². The monoisotopic (exact) mass is 312 g/mol. The number of carbonyl (C=O) groups excluding carboxylic acids is 1. The van der Waals surface area contributed by atoms with Crippen molar-refractivity contribution in [1.82, 2.24) is 4.98 Å². The second-order valence-electron chi connectivity index (χ2n) is 3.14. The lowest BCUT2D eigenvalue weighted by molar-refractivity contribution is 0.103. The molecule has 1 N–H and O–H groups in total. The van der Waals surface area contributed by atoms with Gasteiger partial charge >= 0.3 is 0 Å². The Balaban J connectivity index is 2.14. The third-order valence-corrected chi connectivity index (χ3v) is 3.57. The van der Waals surface area contributed by atoms with Crippen LogP contribution >= 0.6 is 27.3 Å². The van der Waals surface area contributed by atoms with Gasteiger partial charge in [-0.2, -0.15) is 0 Å². The van der Waals surface area contributed by atoms with Gasteiger partial charge in [-0.1, -0.05) is 0 Å². The van der Waals surface area contributed by atoms with Crippen molar-refractivity contribution in [2.24, 2.45) is 0 Å². The SMILES string of the molecule is COc1csc(C(=O)Nc2ncccc2Br)c1. The highest BCUT2D eigenvalue weighted by atomic mass is 79.9. The Bertz CT molecular complexity index is 542. The number of thiophene rings is 1. The minimum absolute atomic E-state index is 0.197. The van der Waals surface area contributed by atoms with Crippen molar-refractivity contribution >= 4 is 39.0 Å². The van der Waals surface area contributed by atoms with Gasteiger partial charge < -0.3 is 10.1 Å². The third-order valence-electron chi connectivity index (χ3n) is 2.03. The van der Waals surface area contributed by atoms with E-state index in [-0.39, 0.29) is 5.91 Å². The number of rotatable bonds is 3. The highest BCUT2D eigenvalue weighted by molar-refractivity contribution is 9.10. The molecule has 17 heavy (non-hydrogen) atoms. The molecule has 0 unspecified atom stereocenters. The highest BCUT2D eigenvalue weighted by Crippen LogP contribution is 2.23. The number of carbonyl (C=O) groups is 1. The molecule has 4 nitrogen and oxygen atoms in total. The van der Waals surface area contributed by atoms with E-state index in [4.69, 9.17) is 4.74 Å². The molecule has 0 aromatic carbocycles. The number of methoxy groups -OCH3 is 1. The van der Waals surface area contributed by atoms with Gasteiger partial charge in [0.2, 0.25) is 0 Å². The third kappa shape index (κ3) is 2.83. The van der Waals surface area contributed by atoms with Gasteiger partial charge in [-0.05, 0) is 28.1 Å². The van der Waals surface area contributed by atoms with Crippen LogP contribution in [0.25, 0.3) is 0 Å². The van der Waals surface area contributed by atoms with E-state index in [1.807, 2.05) is 6.07 Å². The molecule has 0 aliphatic rings. The first-order valence-electron chi connectivity index (χ1n) is 4.75. The number of ether oxygens (including phenoxy) is 1. The first-order valence-corrected chi connectivity index (χ1v) is 6.42. The number of nitrogens with one attached hydrogen (secondary N) is 1. The van der Waals surface area contributed by atoms with Crippen LogP contribution in [0.5, 0.6) is 5.75 Å². The average Bonchev–Trinajstić information content (AvgIpc) is 2.81. The van der Waals surface area contributed by atoms with Gasteiger partial charge in [0.1, 0.15) is 11.6 Å². The van der Waals surface area contributed by atoms with Crippen LogP contribution in [0, 0.1) is 0 Å². The molecule has 88 valence electrons. The lowest BCUT2D eigenvalue weighted by atomic mass is 10.4. The molecule has 2 aromatic rings. The number of pyridine rings is 1. The molecule has 0 atom stereocenters. The van der Waals surface area contributed by atoms with Crippen LogP contribution in [0.1, 0.15) is 9.67 Å². The molecule has 0 aliphatic heterocycles. The summed E-state index contributed by atoms with van der Waals surface area (Å²) >= 11 is 4.64. The van der Waals surface area contributed by atoms with Crippen LogP contribution in [0.4, 0.5) is 5.82 Å². The zero-order chi connectivity index (χ0) is 12.3. The van der Waals surface area contributed by atoms with Crippen molar-refractivity contribution in [3.05, 3.63) is 39.1 Å². The molecule has 1 amide bonds. The fourth-order valence-corrected chi connectivity index (χ4v) is 2.30. The lowest BCUT2D eigenvalue weighted by Gasteiger charge is -2.03. The summed E-state index contributed by atoms with van der Waals surface area (Å²) in [5.74, 6) is 0.989.